The van der Waals surface area contributed by atoms with E-state index in [1.165, 1.54) is 109 Å². The van der Waals surface area contributed by atoms with Crippen molar-refractivity contribution in [3.05, 3.63) is 24.3 Å². The largest absolute Gasteiger partial charge is 0.478 e. The number of nitrogens with two attached hydrogens (primary N) is 1. The van der Waals surface area contributed by atoms with Crippen molar-refractivity contribution in [3.63, 3.8) is 0 Å². The van der Waals surface area contributed by atoms with Crippen molar-refractivity contribution in [1.29, 1.82) is 0 Å². The van der Waals surface area contributed by atoms with Crippen molar-refractivity contribution in [2.24, 2.45) is 5.73 Å². The Hall–Kier alpha value is -1.09. The van der Waals surface area contributed by atoms with Gasteiger partial charge < -0.3 is 10.8 Å². The van der Waals surface area contributed by atoms with E-state index in [9.17, 15) is 4.79 Å². The molecule has 0 aliphatic heterocycles. The molecular weight excluding hydrogens is 334 g/mol. The van der Waals surface area contributed by atoms with Gasteiger partial charge in [-0.3, -0.25) is 0 Å². The Balaban J connectivity index is 0. The smallest absolute Gasteiger partial charge is 0.328 e. The number of hydrogen-bond acceptors (Lipinski definition) is 2. The quantitative estimate of drug-likeness (QED) is 0.147. The second-order valence-electron chi connectivity index (χ2n) is 7.32. The molecule has 0 fully saturated rings. The van der Waals surface area contributed by atoms with Crippen LogP contribution in [0.2, 0.25) is 0 Å². The fraction of sp³-hybridized carbons (Fsp3) is 0.792. The summed E-state index contributed by atoms with van der Waals surface area (Å²) in [5, 5.41) is 8.02. The van der Waals surface area contributed by atoms with Gasteiger partial charge in [-0.1, -0.05) is 121 Å². The molecule has 0 aromatic carbocycles. The van der Waals surface area contributed by atoms with Crippen LogP contribution in [0.4, 0.5) is 0 Å². The molecule has 0 aliphatic carbocycles. The van der Waals surface area contributed by atoms with Crippen molar-refractivity contribution in [2.75, 3.05) is 6.54 Å². The van der Waals surface area contributed by atoms with E-state index in [1.807, 2.05) is 6.92 Å². The molecule has 0 aromatic rings. The van der Waals surface area contributed by atoms with Crippen molar-refractivity contribution >= 4 is 5.97 Å². The molecule has 0 aliphatic rings. The second kappa shape index (κ2) is 27.1. The number of carboxylic acid groups (broad SMARTS) is 1. The van der Waals surface area contributed by atoms with Crippen LogP contribution in [0.5, 0.6) is 0 Å². The number of unbranched alkanes of at least 4 members (excludes halogenated alkanes) is 15. The number of carboxylic acids is 1. The van der Waals surface area contributed by atoms with Crippen LogP contribution in [0.25, 0.3) is 0 Å². The zero-order valence-electron chi connectivity index (χ0n) is 18.3. The van der Waals surface area contributed by atoms with Gasteiger partial charge in [0.1, 0.15) is 0 Å². The standard InChI is InChI=1S/C18H39N.C6H8O2/c1-2-3-4-5-6-7-8-9-10-11-12-13-14-15-16-17-18-19;1-2-3-4-5-6(7)8/h2-19H2,1H3;2-5H,1H3,(H,7,8). The van der Waals surface area contributed by atoms with E-state index in [0.717, 1.165) is 12.6 Å². The predicted molar refractivity (Wildman–Crippen MR) is 120 cm³/mol. The molecule has 0 amide bonds. The average Bonchev–Trinajstić information content (AvgIpc) is 2.65. The third-order valence-corrected chi connectivity index (χ3v) is 4.60. The lowest BCUT2D eigenvalue weighted by atomic mass is 10.0. The summed E-state index contributed by atoms with van der Waals surface area (Å²) in [4.78, 5) is 9.75. The van der Waals surface area contributed by atoms with Gasteiger partial charge >= 0.3 is 5.97 Å². The van der Waals surface area contributed by atoms with E-state index in [0.29, 0.717) is 0 Å². The summed E-state index contributed by atoms with van der Waals surface area (Å²) in [6.45, 7) is 4.99. The Morgan fingerprint density at radius 3 is 1.37 bits per heavy atom. The molecule has 0 radical (unpaired) electrons. The van der Waals surface area contributed by atoms with Crippen molar-refractivity contribution in [3.8, 4) is 0 Å². The van der Waals surface area contributed by atoms with E-state index in [1.54, 1.807) is 12.2 Å². The maximum atomic E-state index is 9.75. The maximum Gasteiger partial charge on any atom is 0.328 e. The Kier molecular flexibility index (Phi) is 28.3. The summed E-state index contributed by atoms with van der Waals surface area (Å²) in [6, 6.07) is 0. The van der Waals surface area contributed by atoms with Crippen LogP contribution in [-0.4, -0.2) is 17.6 Å². The number of aliphatic carboxylic acids is 1. The third kappa shape index (κ3) is 33.0. The minimum Gasteiger partial charge on any atom is -0.478 e. The lowest BCUT2D eigenvalue weighted by Crippen LogP contribution is -1.97. The van der Waals surface area contributed by atoms with Crippen LogP contribution in [0, 0.1) is 0 Å². The average molecular weight is 382 g/mol. The Labute approximate surface area is 169 Å². The van der Waals surface area contributed by atoms with Gasteiger partial charge in [0.15, 0.2) is 0 Å². The fourth-order valence-electron chi connectivity index (χ4n) is 2.94. The highest BCUT2D eigenvalue weighted by Crippen LogP contribution is 2.13. The van der Waals surface area contributed by atoms with Crippen LogP contribution in [0.15, 0.2) is 24.3 Å². The monoisotopic (exact) mass is 381 g/mol. The zero-order chi connectivity index (χ0) is 20.4. The lowest BCUT2D eigenvalue weighted by molar-refractivity contribution is -0.131. The van der Waals surface area contributed by atoms with E-state index < -0.39 is 5.97 Å². The Morgan fingerprint density at radius 1 is 0.704 bits per heavy atom. The highest BCUT2D eigenvalue weighted by Gasteiger charge is 1.94. The summed E-state index contributed by atoms with van der Waals surface area (Å²) in [7, 11) is 0. The first-order chi connectivity index (χ1) is 13.2. The zero-order valence-corrected chi connectivity index (χ0v) is 18.3. The molecule has 0 rings (SSSR count). The molecule has 3 N–H and O–H groups in total. The SMILES string of the molecule is CC=CC=CC(=O)O.CCCCCCCCCCCCCCCCCCN. The van der Waals surface area contributed by atoms with Crippen LogP contribution in [0.1, 0.15) is 117 Å². The number of hydrogen-bond donors (Lipinski definition) is 2. The molecule has 0 aromatic heterocycles. The minimum atomic E-state index is -0.914. The molecular formula is C24H47NO2. The molecule has 27 heavy (non-hydrogen) atoms. The van der Waals surface area contributed by atoms with Crippen LogP contribution < -0.4 is 5.73 Å². The summed E-state index contributed by atoms with van der Waals surface area (Å²) in [6.07, 6.45) is 28.8. The maximum absolute atomic E-state index is 9.75. The Bertz CT molecular complexity index is 321. The van der Waals surface area contributed by atoms with Crippen molar-refractivity contribution < 1.29 is 9.90 Å². The van der Waals surface area contributed by atoms with E-state index in [-0.39, 0.29) is 0 Å². The first-order valence-electron chi connectivity index (χ1n) is 11.4. The van der Waals surface area contributed by atoms with E-state index in [2.05, 4.69) is 6.92 Å². The van der Waals surface area contributed by atoms with Crippen LogP contribution in [0.3, 0.4) is 0 Å². The summed E-state index contributed by atoms with van der Waals surface area (Å²) in [5.74, 6) is -0.914. The van der Waals surface area contributed by atoms with Crippen molar-refractivity contribution in [1.82, 2.24) is 0 Å². The highest BCUT2D eigenvalue weighted by atomic mass is 16.4. The predicted octanol–water partition coefficient (Wildman–Crippen LogP) is 7.41. The molecule has 0 unspecified atom stereocenters. The van der Waals surface area contributed by atoms with Gasteiger partial charge in [0.05, 0.1) is 0 Å². The molecule has 3 nitrogen and oxygen atoms in total. The third-order valence-electron chi connectivity index (χ3n) is 4.60. The number of rotatable bonds is 18. The first kappa shape index (κ1) is 28.1. The van der Waals surface area contributed by atoms with Crippen molar-refractivity contribution in [2.45, 2.75) is 117 Å². The lowest BCUT2D eigenvalue weighted by Gasteiger charge is -2.03. The molecule has 0 spiro atoms. The molecule has 3 heteroatoms. The van der Waals surface area contributed by atoms with Gasteiger partial charge in [-0.05, 0) is 19.9 Å². The van der Waals surface area contributed by atoms with Crippen LogP contribution in [-0.2, 0) is 4.79 Å². The summed E-state index contributed by atoms with van der Waals surface area (Å²) < 4.78 is 0. The molecule has 160 valence electrons. The molecule has 0 heterocycles. The van der Waals surface area contributed by atoms with Gasteiger partial charge in [0, 0.05) is 6.08 Å². The summed E-state index contributed by atoms with van der Waals surface area (Å²) in [5.41, 5.74) is 5.48. The van der Waals surface area contributed by atoms with Crippen LogP contribution >= 0.6 is 0 Å². The topological polar surface area (TPSA) is 63.3 Å². The minimum absolute atomic E-state index is 0.873. The fourth-order valence-corrected chi connectivity index (χ4v) is 2.94. The van der Waals surface area contributed by atoms with Gasteiger partial charge in [-0.25, -0.2) is 4.79 Å². The second-order valence-corrected chi connectivity index (χ2v) is 7.32. The van der Waals surface area contributed by atoms with Gasteiger partial charge in [-0.2, -0.15) is 0 Å². The Morgan fingerprint density at radius 2 is 1.07 bits per heavy atom. The normalized spacial score (nSPS) is 11.1. The molecule has 0 saturated carbocycles. The van der Waals surface area contributed by atoms with Gasteiger partial charge in [-0.15, -0.1) is 0 Å². The highest BCUT2D eigenvalue weighted by molar-refractivity contribution is 5.80. The number of carbonyl (C=O) groups is 1. The molecule has 0 bridgehead atoms. The van der Waals surface area contributed by atoms with E-state index >= 15 is 0 Å². The molecule has 0 atom stereocenters. The molecule has 0 saturated heterocycles. The summed E-state index contributed by atoms with van der Waals surface area (Å²) >= 11 is 0. The van der Waals surface area contributed by atoms with Gasteiger partial charge in [0.2, 0.25) is 0 Å². The number of allylic oxidation sites excluding steroid dienone is 3. The first-order valence-corrected chi connectivity index (χ1v) is 11.4. The van der Waals surface area contributed by atoms with Gasteiger partial charge in [0.25, 0.3) is 0 Å². The van der Waals surface area contributed by atoms with E-state index in [4.69, 9.17) is 10.8 Å².